The van der Waals surface area contributed by atoms with Crippen molar-refractivity contribution >= 4 is 5.69 Å². The number of anilines is 1. The second-order valence-electron chi connectivity index (χ2n) is 2.10. The van der Waals surface area contributed by atoms with Gasteiger partial charge in [0.05, 0.1) is 7.11 Å². The van der Waals surface area contributed by atoms with E-state index in [2.05, 4.69) is 4.74 Å². The summed E-state index contributed by atoms with van der Waals surface area (Å²) in [6, 6.07) is 0.688. The molecule has 66 valence electrons. The van der Waals surface area contributed by atoms with Crippen LogP contribution in [0.25, 0.3) is 0 Å². The maximum atomic E-state index is 12.6. The second-order valence-corrected chi connectivity index (χ2v) is 2.10. The molecule has 0 radical (unpaired) electrons. The SMILES string of the molecule is COc1cc(F)c(F)c(F)c1N. The van der Waals surface area contributed by atoms with E-state index >= 15 is 0 Å². The number of nitrogen functional groups attached to an aromatic ring is 1. The number of rotatable bonds is 1. The van der Waals surface area contributed by atoms with Crippen LogP contribution in [-0.4, -0.2) is 7.11 Å². The van der Waals surface area contributed by atoms with Crippen molar-refractivity contribution in [2.45, 2.75) is 0 Å². The molecule has 0 amide bonds. The van der Waals surface area contributed by atoms with Crippen LogP contribution in [0.15, 0.2) is 6.07 Å². The minimum Gasteiger partial charge on any atom is -0.494 e. The molecule has 12 heavy (non-hydrogen) atoms. The van der Waals surface area contributed by atoms with Gasteiger partial charge < -0.3 is 10.5 Å². The fraction of sp³-hybridized carbons (Fsp3) is 0.143. The smallest absolute Gasteiger partial charge is 0.196 e. The van der Waals surface area contributed by atoms with Gasteiger partial charge in [0.1, 0.15) is 11.4 Å². The van der Waals surface area contributed by atoms with E-state index in [1.807, 2.05) is 0 Å². The maximum absolute atomic E-state index is 12.6. The fourth-order valence-electron chi connectivity index (χ4n) is 0.756. The van der Waals surface area contributed by atoms with Gasteiger partial charge in [0.2, 0.25) is 0 Å². The third kappa shape index (κ3) is 1.17. The quantitative estimate of drug-likeness (QED) is 0.523. The molecule has 1 aromatic rings. The molecule has 0 bridgehead atoms. The molecule has 0 aliphatic heterocycles. The van der Waals surface area contributed by atoms with E-state index in [-0.39, 0.29) is 5.75 Å². The molecular formula is C7H6F3NO. The van der Waals surface area contributed by atoms with Gasteiger partial charge in [-0.25, -0.2) is 13.2 Å². The summed E-state index contributed by atoms with van der Waals surface area (Å²) in [4.78, 5) is 0. The van der Waals surface area contributed by atoms with Gasteiger partial charge in [0.25, 0.3) is 0 Å². The predicted molar refractivity (Wildman–Crippen MR) is 37.3 cm³/mol. The summed E-state index contributed by atoms with van der Waals surface area (Å²) in [5.41, 5.74) is 4.53. The van der Waals surface area contributed by atoms with Gasteiger partial charge in [-0.15, -0.1) is 0 Å². The summed E-state index contributed by atoms with van der Waals surface area (Å²) >= 11 is 0. The highest BCUT2D eigenvalue weighted by Crippen LogP contribution is 2.27. The lowest BCUT2D eigenvalue weighted by Gasteiger charge is -2.05. The zero-order valence-electron chi connectivity index (χ0n) is 6.20. The summed E-state index contributed by atoms with van der Waals surface area (Å²) < 4.78 is 42.0. The topological polar surface area (TPSA) is 35.2 Å². The Morgan fingerprint density at radius 1 is 1.25 bits per heavy atom. The van der Waals surface area contributed by atoms with Gasteiger partial charge in [-0.05, 0) is 0 Å². The van der Waals surface area contributed by atoms with Gasteiger partial charge in [-0.1, -0.05) is 0 Å². The Balaban J connectivity index is 3.39. The van der Waals surface area contributed by atoms with Crippen LogP contribution >= 0.6 is 0 Å². The Morgan fingerprint density at radius 3 is 2.33 bits per heavy atom. The maximum Gasteiger partial charge on any atom is 0.196 e. The Bertz CT molecular complexity index is 314. The van der Waals surface area contributed by atoms with Gasteiger partial charge in [-0.3, -0.25) is 0 Å². The van der Waals surface area contributed by atoms with Crippen molar-refractivity contribution < 1.29 is 17.9 Å². The van der Waals surface area contributed by atoms with Crippen molar-refractivity contribution in [2.75, 3.05) is 12.8 Å². The summed E-state index contributed by atoms with van der Waals surface area (Å²) in [6.45, 7) is 0. The normalized spacial score (nSPS) is 10.0. The third-order valence-electron chi connectivity index (χ3n) is 1.38. The third-order valence-corrected chi connectivity index (χ3v) is 1.38. The minimum atomic E-state index is -1.59. The molecule has 2 nitrogen and oxygen atoms in total. The second kappa shape index (κ2) is 2.92. The Labute approximate surface area is 66.7 Å². The first-order valence-corrected chi connectivity index (χ1v) is 3.05. The van der Waals surface area contributed by atoms with Crippen molar-refractivity contribution in [3.63, 3.8) is 0 Å². The van der Waals surface area contributed by atoms with Crippen LogP contribution in [0.5, 0.6) is 5.75 Å². The largest absolute Gasteiger partial charge is 0.494 e. The summed E-state index contributed by atoms with van der Waals surface area (Å²) in [7, 11) is 1.18. The minimum absolute atomic E-state index is 0.216. The van der Waals surface area contributed by atoms with Crippen molar-refractivity contribution in [3.8, 4) is 5.75 Å². The molecule has 1 rings (SSSR count). The van der Waals surface area contributed by atoms with E-state index < -0.39 is 23.1 Å². The first-order chi connectivity index (χ1) is 5.57. The van der Waals surface area contributed by atoms with Crippen LogP contribution in [0.4, 0.5) is 18.9 Å². The number of halogens is 3. The summed E-state index contributed by atoms with van der Waals surface area (Å²) in [6.07, 6.45) is 0. The highest BCUT2D eigenvalue weighted by atomic mass is 19.2. The van der Waals surface area contributed by atoms with E-state index in [0.717, 1.165) is 0 Å². The highest BCUT2D eigenvalue weighted by Gasteiger charge is 2.16. The zero-order valence-corrected chi connectivity index (χ0v) is 6.20. The average Bonchev–Trinajstić information content (AvgIpc) is 2.08. The molecule has 5 heteroatoms. The molecule has 0 heterocycles. The lowest BCUT2D eigenvalue weighted by molar-refractivity contribution is 0.395. The van der Waals surface area contributed by atoms with E-state index in [9.17, 15) is 13.2 Å². The van der Waals surface area contributed by atoms with Crippen LogP contribution in [0.3, 0.4) is 0 Å². The standard InChI is InChI=1S/C7H6F3NO/c1-12-4-2-3(8)5(9)6(10)7(4)11/h2H,11H2,1H3. The van der Waals surface area contributed by atoms with E-state index in [1.165, 1.54) is 7.11 Å². The molecule has 0 fully saturated rings. The predicted octanol–water partition coefficient (Wildman–Crippen LogP) is 1.69. The number of hydrogen-bond acceptors (Lipinski definition) is 2. The van der Waals surface area contributed by atoms with Crippen LogP contribution in [0, 0.1) is 17.5 Å². The Kier molecular flexibility index (Phi) is 2.12. The molecule has 0 atom stereocenters. The van der Waals surface area contributed by atoms with Gasteiger partial charge in [0, 0.05) is 6.07 Å². The molecular weight excluding hydrogens is 171 g/mol. The lowest BCUT2D eigenvalue weighted by Crippen LogP contribution is -2.01. The Hall–Kier alpha value is -1.39. The van der Waals surface area contributed by atoms with Crippen molar-refractivity contribution in [2.24, 2.45) is 0 Å². The number of ether oxygens (including phenoxy) is 1. The molecule has 0 aliphatic rings. The van der Waals surface area contributed by atoms with Crippen molar-refractivity contribution in [3.05, 3.63) is 23.5 Å². The summed E-state index contributed by atoms with van der Waals surface area (Å²) in [5.74, 6) is -4.55. The molecule has 0 unspecified atom stereocenters. The molecule has 0 saturated heterocycles. The lowest BCUT2D eigenvalue weighted by atomic mass is 10.2. The zero-order chi connectivity index (χ0) is 9.30. The summed E-state index contributed by atoms with van der Waals surface area (Å²) in [5, 5.41) is 0. The van der Waals surface area contributed by atoms with E-state index in [4.69, 9.17) is 5.73 Å². The number of hydrogen-bond donors (Lipinski definition) is 1. The van der Waals surface area contributed by atoms with Crippen LogP contribution in [0.2, 0.25) is 0 Å². The van der Waals surface area contributed by atoms with Crippen molar-refractivity contribution in [1.82, 2.24) is 0 Å². The van der Waals surface area contributed by atoms with E-state index in [1.54, 1.807) is 0 Å². The molecule has 2 N–H and O–H groups in total. The molecule has 0 saturated carbocycles. The van der Waals surface area contributed by atoms with Gasteiger partial charge in [0.15, 0.2) is 17.5 Å². The van der Waals surface area contributed by atoms with E-state index in [0.29, 0.717) is 6.07 Å². The number of nitrogens with two attached hydrogens (primary N) is 1. The monoisotopic (exact) mass is 177 g/mol. The van der Waals surface area contributed by atoms with Gasteiger partial charge >= 0.3 is 0 Å². The molecule has 0 spiro atoms. The number of benzene rings is 1. The van der Waals surface area contributed by atoms with Crippen molar-refractivity contribution in [1.29, 1.82) is 0 Å². The first-order valence-electron chi connectivity index (χ1n) is 3.05. The average molecular weight is 177 g/mol. The Morgan fingerprint density at radius 2 is 1.83 bits per heavy atom. The van der Waals surface area contributed by atoms with Crippen LogP contribution in [-0.2, 0) is 0 Å². The molecule has 0 aromatic heterocycles. The highest BCUT2D eigenvalue weighted by molar-refractivity contribution is 5.53. The fourth-order valence-corrected chi connectivity index (χ4v) is 0.756. The molecule has 0 aliphatic carbocycles. The van der Waals surface area contributed by atoms with Gasteiger partial charge in [-0.2, -0.15) is 0 Å². The van der Waals surface area contributed by atoms with Crippen LogP contribution < -0.4 is 10.5 Å². The number of methoxy groups -OCH3 is 1. The van der Waals surface area contributed by atoms with Crippen LogP contribution in [0.1, 0.15) is 0 Å². The first kappa shape index (κ1) is 8.70. The molecule has 1 aromatic carbocycles.